The standard InChI is InChI=1S/C11H10ClNO2/c12-9-1-3-10(4-2-9)13-6-5-8(7-13)11(14)15/h1-5H,6-7H2,(H,14,15). The molecule has 3 nitrogen and oxygen atoms in total. The molecule has 0 saturated carbocycles. The molecule has 1 aliphatic rings. The number of hydrogen-bond acceptors (Lipinski definition) is 2. The van der Waals surface area contributed by atoms with Crippen molar-refractivity contribution in [3.8, 4) is 0 Å². The Balaban J connectivity index is 2.10. The van der Waals surface area contributed by atoms with Crippen molar-refractivity contribution in [3.05, 3.63) is 40.9 Å². The molecule has 1 aromatic carbocycles. The van der Waals surface area contributed by atoms with Crippen molar-refractivity contribution in [1.82, 2.24) is 0 Å². The van der Waals surface area contributed by atoms with E-state index in [2.05, 4.69) is 0 Å². The van der Waals surface area contributed by atoms with Crippen molar-refractivity contribution in [3.63, 3.8) is 0 Å². The summed E-state index contributed by atoms with van der Waals surface area (Å²) in [6.45, 7) is 1.10. The molecule has 1 aromatic rings. The fourth-order valence-electron chi connectivity index (χ4n) is 1.56. The molecular formula is C11H10ClNO2. The van der Waals surface area contributed by atoms with Gasteiger partial charge in [0.2, 0.25) is 0 Å². The summed E-state index contributed by atoms with van der Waals surface area (Å²) in [5, 5.41) is 9.49. The zero-order chi connectivity index (χ0) is 10.8. The molecule has 15 heavy (non-hydrogen) atoms. The van der Waals surface area contributed by atoms with Crippen LogP contribution in [0.25, 0.3) is 0 Å². The average molecular weight is 224 g/mol. The Morgan fingerprint density at radius 1 is 1.33 bits per heavy atom. The van der Waals surface area contributed by atoms with Gasteiger partial charge in [0.05, 0.1) is 12.1 Å². The second-order valence-corrected chi connectivity index (χ2v) is 3.83. The molecule has 0 amide bonds. The first-order valence-corrected chi connectivity index (χ1v) is 4.97. The Labute approximate surface area is 92.6 Å². The van der Waals surface area contributed by atoms with Gasteiger partial charge in [0.25, 0.3) is 0 Å². The highest BCUT2D eigenvalue weighted by Crippen LogP contribution is 2.21. The van der Waals surface area contributed by atoms with E-state index < -0.39 is 5.97 Å². The minimum absolute atomic E-state index is 0.449. The second-order valence-electron chi connectivity index (χ2n) is 3.39. The first-order chi connectivity index (χ1) is 7.16. The van der Waals surface area contributed by atoms with Gasteiger partial charge >= 0.3 is 5.97 Å². The van der Waals surface area contributed by atoms with E-state index in [1.165, 1.54) is 0 Å². The summed E-state index contributed by atoms with van der Waals surface area (Å²) in [5.41, 5.74) is 1.44. The van der Waals surface area contributed by atoms with Crippen LogP contribution in [0.5, 0.6) is 0 Å². The third kappa shape index (κ3) is 2.13. The van der Waals surface area contributed by atoms with E-state index >= 15 is 0 Å². The average Bonchev–Trinajstić information content (AvgIpc) is 2.68. The number of anilines is 1. The molecular weight excluding hydrogens is 214 g/mol. The van der Waals surface area contributed by atoms with E-state index in [9.17, 15) is 4.79 Å². The maximum absolute atomic E-state index is 10.7. The lowest BCUT2D eigenvalue weighted by Crippen LogP contribution is -2.21. The molecule has 1 N–H and O–H groups in total. The van der Waals surface area contributed by atoms with Crippen LogP contribution in [0.2, 0.25) is 5.02 Å². The third-order valence-electron chi connectivity index (χ3n) is 2.39. The van der Waals surface area contributed by atoms with Gasteiger partial charge in [-0.2, -0.15) is 0 Å². The van der Waals surface area contributed by atoms with Crippen LogP contribution in [0.15, 0.2) is 35.9 Å². The van der Waals surface area contributed by atoms with Crippen molar-refractivity contribution in [2.45, 2.75) is 0 Å². The van der Waals surface area contributed by atoms with Gasteiger partial charge in [-0.05, 0) is 24.3 Å². The lowest BCUT2D eigenvalue weighted by atomic mass is 10.3. The van der Waals surface area contributed by atoms with Crippen molar-refractivity contribution >= 4 is 23.3 Å². The number of halogens is 1. The monoisotopic (exact) mass is 223 g/mol. The van der Waals surface area contributed by atoms with Crippen LogP contribution in [0.3, 0.4) is 0 Å². The normalized spacial score (nSPS) is 15.3. The number of carboxylic acids is 1. The lowest BCUT2D eigenvalue weighted by molar-refractivity contribution is -0.132. The van der Waals surface area contributed by atoms with Crippen LogP contribution in [-0.4, -0.2) is 24.2 Å². The van der Waals surface area contributed by atoms with Gasteiger partial charge in [0.1, 0.15) is 0 Å². The van der Waals surface area contributed by atoms with E-state index in [4.69, 9.17) is 16.7 Å². The summed E-state index contributed by atoms with van der Waals surface area (Å²) in [7, 11) is 0. The van der Waals surface area contributed by atoms with Gasteiger partial charge in [0, 0.05) is 17.3 Å². The highest BCUT2D eigenvalue weighted by molar-refractivity contribution is 6.30. The summed E-state index contributed by atoms with van der Waals surface area (Å²) in [4.78, 5) is 12.7. The van der Waals surface area contributed by atoms with Crippen molar-refractivity contribution < 1.29 is 9.90 Å². The van der Waals surface area contributed by atoms with Gasteiger partial charge < -0.3 is 10.0 Å². The van der Waals surface area contributed by atoms with Crippen LogP contribution < -0.4 is 4.90 Å². The first kappa shape index (κ1) is 10.1. The maximum Gasteiger partial charge on any atom is 0.333 e. The van der Waals surface area contributed by atoms with Gasteiger partial charge in [-0.15, -0.1) is 0 Å². The Morgan fingerprint density at radius 2 is 2.00 bits per heavy atom. The van der Waals surface area contributed by atoms with E-state index in [0.717, 1.165) is 5.69 Å². The number of carbonyl (C=O) groups is 1. The smallest absolute Gasteiger partial charge is 0.333 e. The van der Waals surface area contributed by atoms with Gasteiger partial charge in [0.15, 0.2) is 0 Å². The largest absolute Gasteiger partial charge is 0.478 e. The Kier molecular flexibility index (Phi) is 2.64. The minimum Gasteiger partial charge on any atom is -0.478 e. The zero-order valence-corrected chi connectivity index (χ0v) is 8.74. The van der Waals surface area contributed by atoms with E-state index in [1.54, 1.807) is 18.2 Å². The quantitative estimate of drug-likeness (QED) is 0.836. The van der Waals surface area contributed by atoms with Crippen molar-refractivity contribution in [2.75, 3.05) is 18.0 Å². The third-order valence-corrected chi connectivity index (χ3v) is 2.64. The van der Waals surface area contributed by atoms with Crippen LogP contribution >= 0.6 is 11.6 Å². The molecule has 0 aliphatic carbocycles. The number of carboxylic acid groups (broad SMARTS) is 1. The molecule has 4 heteroatoms. The SMILES string of the molecule is O=C(O)C1=CCN(c2ccc(Cl)cc2)C1. The number of aliphatic carboxylic acids is 1. The van der Waals surface area contributed by atoms with Crippen LogP contribution in [-0.2, 0) is 4.79 Å². The van der Waals surface area contributed by atoms with Crippen LogP contribution in [0.1, 0.15) is 0 Å². The molecule has 0 spiro atoms. The molecule has 0 saturated heterocycles. The molecule has 0 aromatic heterocycles. The molecule has 0 fully saturated rings. The lowest BCUT2D eigenvalue weighted by Gasteiger charge is -2.17. The Hall–Kier alpha value is -1.48. The summed E-state index contributed by atoms with van der Waals surface area (Å²) >= 11 is 5.77. The minimum atomic E-state index is -0.841. The van der Waals surface area contributed by atoms with Crippen molar-refractivity contribution in [1.29, 1.82) is 0 Å². The summed E-state index contributed by atoms with van der Waals surface area (Å²) in [5.74, 6) is -0.841. The molecule has 0 radical (unpaired) electrons. The molecule has 0 bridgehead atoms. The highest BCUT2D eigenvalue weighted by atomic mass is 35.5. The zero-order valence-electron chi connectivity index (χ0n) is 7.98. The molecule has 1 heterocycles. The van der Waals surface area contributed by atoms with E-state index in [-0.39, 0.29) is 0 Å². The van der Waals surface area contributed by atoms with Crippen molar-refractivity contribution in [2.24, 2.45) is 0 Å². The fraction of sp³-hybridized carbons (Fsp3) is 0.182. The van der Waals surface area contributed by atoms with E-state index in [1.807, 2.05) is 17.0 Å². The van der Waals surface area contributed by atoms with Gasteiger partial charge in [-0.3, -0.25) is 0 Å². The summed E-state index contributed by atoms with van der Waals surface area (Å²) in [6, 6.07) is 7.38. The first-order valence-electron chi connectivity index (χ1n) is 4.59. The van der Waals surface area contributed by atoms with Crippen LogP contribution in [0.4, 0.5) is 5.69 Å². The molecule has 78 valence electrons. The van der Waals surface area contributed by atoms with Gasteiger partial charge in [-0.25, -0.2) is 4.79 Å². The fourth-order valence-corrected chi connectivity index (χ4v) is 1.68. The van der Waals surface area contributed by atoms with E-state index in [0.29, 0.717) is 23.7 Å². The maximum atomic E-state index is 10.7. The summed E-state index contributed by atoms with van der Waals surface area (Å²) in [6.07, 6.45) is 1.73. The molecule has 1 aliphatic heterocycles. The topological polar surface area (TPSA) is 40.5 Å². The predicted octanol–water partition coefficient (Wildman–Crippen LogP) is 2.17. The molecule has 2 rings (SSSR count). The highest BCUT2D eigenvalue weighted by Gasteiger charge is 2.18. The Morgan fingerprint density at radius 3 is 2.53 bits per heavy atom. The second kappa shape index (κ2) is 3.95. The molecule has 0 unspecified atom stereocenters. The number of rotatable bonds is 2. The summed E-state index contributed by atoms with van der Waals surface area (Å²) < 4.78 is 0. The number of nitrogens with zero attached hydrogens (tertiary/aromatic N) is 1. The molecule has 0 atom stereocenters. The number of benzene rings is 1. The van der Waals surface area contributed by atoms with Gasteiger partial charge in [-0.1, -0.05) is 17.7 Å². The van der Waals surface area contributed by atoms with Crippen LogP contribution in [0, 0.1) is 0 Å². The Bertz CT molecular complexity index is 411. The number of hydrogen-bond donors (Lipinski definition) is 1. The predicted molar refractivity (Wildman–Crippen MR) is 59.4 cm³/mol.